The largest absolute Gasteiger partial charge is 0.443 e. The van der Waals surface area contributed by atoms with Crippen LogP contribution in [0.1, 0.15) is 57.4 Å². The third-order valence-electron chi connectivity index (χ3n) is 4.71. The smallest absolute Gasteiger partial charge is 0.213 e. The zero-order valence-electron chi connectivity index (χ0n) is 18.2. The quantitative estimate of drug-likeness (QED) is 0.536. The number of benzene rings is 1. The Morgan fingerprint density at radius 1 is 1.04 bits per heavy atom. The van der Waals surface area contributed by atoms with E-state index < -0.39 is 0 Å². The standard InChI is InChI=1S/C22H35N5O/c1-7-27(8-2)16-18-11-9-17(10-12-18)13-25-21(23-6)26-15-20-24-14-19(28-20)22(3,4)5/h9-12,14H,7-8,13,15-16H2,1-6H3,(H2,23,25,26). The van der Waals surface area contributed by atoms with E-state index in [4.69, 9.17) is 4.42 Å². The Hall–Kier alpha value is -2.34. The molecule has 6 heteroatoms. The molecule has 2 N–H and O–H groups in total. The number of rotatable bonds is 8. The number of guanidine groups is 1. The average molecular weight is 386 g/mol. The molecule has 1 heterocycles. The van der Waals surface area contributed by atoms with Gasteiger partial charge in [0, 0.05) is 25.6 Å². The van der Waals surface area contributed by atoms with Crippen LogP contribution >= 0.6 is 0 Å². The van der Waals surface area contributed by atoms with Crippen molar-refractivity contribution < 1.29 is 4.42 Å². The monoisotopic (exact) mass is 385 g/mol. The van der Waals surface area contributed by atoms with Crippen LogP contribution in [0.5, 0.6) is 0 Å². The second-order valence-corrected chi connectivity index (χ2v) is 7.93. The van der Waals surface area contributed by atoms with E-state index in [1.54, 1.807) is 13.2 Å². The van der Waals surface area contributed by atoms with Crippen molar-refractivity contribution >= 4 is 5.96 Å². The van der Waals surface area contributed by atoms with Crippen molar-refractivity contribution in [3.63, 3.8) is 0 Å². The molecule has 2 aromatic rings. The normalized spacial score (nSPS) is 12.5. The van der Waals surface area contributed by atoms with Crippen molar-refractivity contribution in [3.05, 3.63) is 53.2 Å². The summed E-state index contributed by atoms with van der Waals surface area (Å²) in [5.74, 6) is 2.27. The molecule has 0 radical (unpaired) electrons. The first kappa shape index (κ1) is 22.0. The van der Waals surface area contributed by atoms with Crippen molar-refractivity contribution in [1.29, 1.82) is 0 Å². The highest BCUT2D eigenvalue weighted by molar-refractivity contribution is 5.79. The molecular weight excluding hydrogens is 350 g/mol. The van der Waals surface area contributed by atoms with E-state index in [1.165, 1.54) is 11.1 Å². The van der Waals surface area contributed by atoms with Crippen LogP contribution in [-0.2, 0) is 25.0 Å². The second kappa shape index (κ2) is 10.3. The van der Waals surface area contributed by atoms with Crippen LogP contribution in [0.2, 0.25) is 0 Å². The zero-order valence-corrected chi connectivity index (χ0v) is 18.2. The molecule has 2 rings (SSSR count). The summed E-state index contributed by atoms with van der Waals surface area (Å²) in [6, 6.07) is 8.74. The van der Waals surface area contributed by atoms with Gasteiger partial charge in [0.1, 0.15) is 5.76 Å². The van der Waals surface area contributed by atoms with Crippen LogP contribution in [0, 0.1) is 0 Å². The van der Waals surface area contributed by atoms with E-state index in [1.807, 2.05) is 0 Å². The van der Waals surface area contributed by atoms with Gasteiger partial charge in [-0.3, -0.25) is 9.89 Å². The molecule has 154 valence electrons. The maximum absolute atomic E-state index is 5.81. The van der Waals surface area contributed by atoms with Gasteiger partial charge in [-0.1, -0.05) is 58.9 Å². The molecule has 0 fully saturated rings. The summed E-state index contributed by atoms with van der Waals surface area (Å²) in [7, 11) is 1.76. The fourth-order valence-corrected chi connectivity index (χ4v) is 2.77. The van der Waals surface area contributed by atoms with E-state index in [9.17, 15) is 0 Å². The van der Waals surface area contributed by atoms with Crippen molar-refractivity contribution in [2.75, 3.05) is 20.1 Å². The summed E-state index contributed by atoms with van der Waals surface area (Å²) in [4.78, 5) is 11.0. The molecule has 1 aromatic carbocycles. The molecule has 0 saturated carbocycles. The summed E-state index contributed by atoms with van der Waals surface area (Å²) in [6.45, 7) is 15.1. The van der Waals surface area contributed by atoms with Crippen molar-refractivity contribution in [3.8, 4) is 0 Å². The van der Waals surface area contributed by atoms with E-state index in [0.717, 1.165) is 31.4 Å². The summed E-state index contributed by atoms with van der Waals surface area (Å²) < 4.78 is 5.81. The minimum atomic E-state index is -0.0391. The Labute approximate surface area is 169 Å². The van der Waals surface area contributed by atoms with Crippen LogP contribution in [-0.4, -0.2) is 36.0 Å². The number of aliphatic imine (C=N–C) groups is 1. The highest BCUT2D eigenvalue weighted by atomic mass is 16.4. The van der Waals surface area contributed by atoms with Gasteiger partial charge >= 0.3 is 0 Å². The average Bonchev–Trinajstić information content (AvgIpc) is 3.17. The molecule has 0 spiro atoms. The van der Waals surface area contributed by atoms with Gasteiger partial charge in [0.05, 0.1) is 12.7 Å². The Morgan fingerprint density at radius 2 is 1.64 bits per heavy atom. The topological polar surface area (TPSA) is 65.7 Å². The van der Waals surface area contributed by atoms with Crippen molar-refractivity contribution in [2.45, 2.75) is 59.7 Å². The lowest BCUT2D eigenvalue weighted by Gasteiger charge is -2.18. The van der Waals surface area contributed by atoms with Gasteiger partial charge < -0.3 is 15.1 Å². The van der Waals surface area contributed by atoms with E-state index >= 15 is 0 Å². The van der Waals surface area contributed by atoms with Gasteiger partial charge in [-0.15, -0.1) is 0 Å². The van der Waals surface area contributed by atoms with Gasteiger partial charge in [-0.25, -0.2) is 4.98 Å². The Balaban J connectivity index is 1.82. The van der Waals surface area contributed by atoms with Gasteiger partial charge in [0.25, 0.3) is 0 Å². The van der Waals surface area contributed by atoms with Gasteiger partial charge in [0.2, 0.25) is 5.89 Å². The van der Waals surface area contributed by atoms with Gasteiger partial charge in [0.15, 0.2) is 5.96 Å². The van der Waals surface area contributed by atoms with Crippen LogP contribution in [0.15, 0.2) is 39.9 Å². The first-order valence-electron chi connectivity index (χ1n) is 10.1. The molecule has 6 nitrogen and oxygen atoms in total. The molecule has 0 saturated heterocycles. The first-order valence-corrected chi connectivity index (χ1v) is 10.1. The fraction of sp³-hybridized carbons (Fsp3) is 0.545. The summed E-state index contributed by atoms with van der Waals surface area (Å²) in [5.41, 5.74) is 2.52. The number of hydrogen-bond donors (Lipinski definition) is 2. The lowest BCUT2D eigenvalue weighted by molar-refractivity contribution is 0.296. The number of aromatic nitrogens is 1. The molecule has 0 amide bonds. The number of hydrogen-bond acceptors (Lipinski definition) is 4. The van der Waals surface area contributed by atoms with Crippen LogP contribution in [0.4, 0.5) is 0 Å². The molecule has 0 unspecified atom stereocenters. The maximum Gasteiger partial charge on any atom is 0.213 e. The van der Waals surface area contributed by atoms with E-state index in [2.05, 4.69) is 84.4 Å². The summed E-state index contributed by atoms with van der Waals surface area (Å²) in [6.07, 6.45) is 1.80. The van der Waals surface area contributed by atoms with E-state index in [0.29, 0.717) is 19.0 Å². The van der Waals surface area contributed by atoms with E-state index in [-0.39, 0.29) is 5.41 Å². The third kappa shape index (κ3) is 6.68. The van der Waals surface area contributed by atoms with Crippen LogP contribution in [0.25, 0.3) is 0 Å². The molecule has 0 aliphatic rings. The Morgan fingerprint density at radius 3 is 2.18 bits per heavy atom. The van der Waals surface area contributed by atoms with Crippen molar-refractivity contribution in [2.24, 2.45) is 4.99 Å². The maximum atomic E-state index is 5.81. The predicted octanol–water partition coefficient (Wildman–Crippen LogP) is 3.68. The molecule has 0 aliphatic heterocycles. The fourth-order valence-electron chi connectivity index (χ4n) is 2.77. The van der Waals surface area contributed by atoms with Crippen molar-refractivity contribution in [1.82, 2.24) is 20.5 Å². The number of nitrogens with zero attached hydrogens (tertiary/aromatic N) is 3. The zero-order chi connectivity index (χ0) is 20.6. The Kier molecular flexibility index (Phi) is 8.05. The summed E-state index contributed by atoms with van der Waals surface area (Å²) >= 11 is 0. The number of oxazole rings is 1. The molecule has 0 bridgehead atoms. The molecular formula is C22H35N5O. The second-order valence-electron chi connectivity index (χ2n) is 7.93. The van der Waals surface area contributed by atoms with Gasteiger partial charge in [-0.05, 0) is 24.2 Å². The number of nitrogens with one attached hydrogen (secondary N) is 2. The SMILES string of the molecule is CCN(CC)Cc1ccc(CNC(=NC)NCc2ncc(C(C)(C)C)o2)cc1. The first-order chi connectivity index (χ1) is 13.4. The third-order valence-corrected chi connectivity index (χ3v) is 4.71. The highest BCUT2D eigenvalue weighted by Crippen LogP contribution is 2.22. The highest BCUT2D eigenvalue weighted by Gasteiger charge is 2.19. The van der Waals surface area contributed by atoms with Crippen LogP contribution in [0.3, 0.4) is 0 Å². The lowest BCUT2D eigenvalue weighted by atomic mass is 9.94. The molecule has 28 heavy (non-hydrogen) atoms. The molecule has 0 aliphatic carbocycles. The van der Waals surface area contributed by atoms with Crippen LogP contribution < -0.4 is 10.6 Å². The van der Waals surface area contributed by atoms with Gasteiger partial charge in [-0.2, -0.15) is 0 Å². The minimum Gasteiger partial charge on any atom is -0.443 e. The summed E-state index contributed by atoms with van der Waals surface area (Å²) in [5, 5.41) is 6.58. The minimum absolute atomic E-state index is 0.0391. The lowest BCUT2D eigenvalue weighted by Crippen LogP contribution is -2.36. The Bertz CT molecular complexity index is 739. The molecule has 1 aromatic heterocycles. The predicted molar refractivity (Wildman–Crippen MR) is 115 cm³/mol. The molecule has 0 atom stereocenters.